The predicted molar refractivity (Wildman–Crippen MR) is 71.0 cm³/mol. The van der Waals surface area contributed by atoms with Crippen LogP contribution >= 0.6 is 0 Å². The van der Waals surface area contributed by atoms with Crippen LogP contribution in [0.3, 0.4) is 0 Å². The summed E-state index contributed by atoms with van der Waals surface area (Å²) in [5.41, 5.74) is 2.28. The van der Waals surface area contributed by atoms with Crippen LogP contribution in [0, 0.1) is 0 Å². The Morgan fingerprint density at radius 2 is 2.37 bits per heavy atom. The number of ether oxygens (including phenoxy) is 1. The van der Waals surface area contributed by atoms with Crippen molar-refractivity contribution in [3.63, 3.8) is 0 Å². The minimum absolute atomic E-state index is 0.339. The van der Waals surface area contributed by atoms with Crippen LogP contribution in [-0.4, -0.2) is 28.5 Å². The second-order valence-electron chi connectivity index (χ2n) is 4.85. The highest BCUT2D eigenvalue weighted by atomic mass is 16.5. The summed E-state index contributed by atoms with van der Waals surface area (Å²) in [5.74, 6) is -0.339. The molecule has 2 aromatic rings. The fourth-order valence-electron chi connectivity index (χ4n) is 2.35. The normalized spacial score (nSPS) is 15.4. The van der Waals surface area contributed by atoms with E-state index in [0.717, 1.165) is 17.9 Å². The molecule has 0 spiro atoms. The average molecular weight is 259 g/mol. The van der Waals surface area contributed by atoms with E-state index in [1.165, 1.54) is 26.4 Å². The van der Waals surface area contributed by atoms with Gasteiger partial charge in [0.2, 0.25) is 0 Å². The van der Waals surface area contributed by atoms with Crippen LogP contribution in [-0.2, 0) is 11.3 Å². The second kappa shape index (κ2) is 5.01. The fraction of sp³-hybridized carbons (Fsp3) is 0.429. The number of nitrogens with one attached hydrogen (secondary N) is 1. The third kappa shape index (κ3) is 2.21. The van der Waals surface area contributed by atoms with Crippen LogP contribution in [0.15, 0.2) is 24.4 Å². The largest absolute Gasteiger partial charge is 0.464 e. The van der Waals surface area contributed by atoms with Gasteiger partial charge in [0.15, 0.2) is 0 Å². The lowest BCUT2D eigenvalue weighted by Crippen LogP contribution is -2.34. The van der Waals surface area contributed by atoms with Gasteiger partial charge in [-0.1, -0.05) is 12.5 Å². The predicted octanol–water partition coefficient (Wildman–Crippen LogP) is 1.76. The summed E-state index contributed by atoms with van der Waals surface area (Å²) in [5, 5.41) is 3.48. The first kappa shape index (κ1) is 12.2. The number of carbonyl (C=O) groups excluding carboxylic acids is 1. The fourth-order valence-corrected chi connectivity index (χ4v) is 2.35. The maximum atomic E-state index is 11.8. The summed E-state index contributed by atoms with van der Waals surface area (Å²) in [7, 11) is 1.39. The zero-order chi connectivity index (χ0) is 13.2. The maximum Gasteiger partial charge on any atom is 0.355 e. The van der Waals surface area contributed by atoms with E-state index >= 15 is 0 Å². The van der Waals surface area contributed by atoms with Gasteiger partial charge in [-0.15, -0.1) is 0 Å². The molecular formula is C14H17N3O2. The first-order chi connectivity index (χ1) is 9.29. The molecule has 1 aliphatic rings. The molecule has 1 fully saturated rings. The molecule has 0 saturated heterocycles. The molecule has 3 rings (SSSR count). The Labute approximate surface area is 111 Å². The Balaban J connectivity index is 1.92. The number of imidazole rings is 1. The minimum Gasteiger partial charge on any atom is -0.464 e. The molecule has 1 aliphatic carbocycles. The van der Waals surface area contributed by atoms with Crippen molar-refractivity contribution >= 4 is 11.6 Å². The van der Waals surface area contributed by atoms with E-state index in [4.69, 9.17) is 4.74 Å². The average Bonchev–Trinajstić information content (AvgIpc) is 2.79. The van der Waals surface area contributed by atoms with Crippen LogP contribution in [0.5, 0.6) is 0 Å². The molecule has 2 heterocycles. The molecule has 2 aromatic heterocycles. The van der Waals surface area contributed by atoms with Crippen LogP contribution in [0.1, 0.15) is 35.4 Å². The van der Waals surface area contributed by atoms with Crippen molar-refractivity contribution < 1.29 is 9.53 Å². The van der Waals surface area contributed by atoms with Crippen LogP contribution in [0.25, 0.3) is 5.65 Å². The molecule has 1 N–H and O–H groups in total. The van der Waals surface area contributed by atoms with Crippen LogP contribution in [0.4, 0.5) is 0 Å². The SMILES string of the molecule is COC(=O)c1cccc2ncc(CNC3CCC3)n12. The zero-order valence-electron chi connectivity index (χ0n) is 10.9. The highest BCUT2D eigenvalue weighted by Crippen LogP contribution is 2.19. The van der Waals surface area contributed by atoms with E-state index in [1.54, 1.807) is 6.07 Å². The van der Waals surface area contributed by atoms with E-state index in [2.05, 4.69) is 10.3 Å². The van der Waals surface area contributed by atoms with E-state index in [9.17, 15) is 4.79 Å². The number of fused-ring (bicyclic) bond motifs is 1. The molecule has 0 radical (unpaired) electrons. The summed E-state index contributed by atoms with van der Waals surface area (Å²) in [6.45, 7) is 0.722. The number of rotatable bonds is 4. The number of pyridine rings is 1. The third-order valence-electron chi connectivity index (χ3n) is 3.67. The Bertz CT molecular complexity index is 602. The van der Waals surface area contributed by atoms with Gasteiger partial charge < -0.3 is 10.1 Å². The summed E-state index contributed by atoms with van der Waals surface area (Å²) in [4.78, 5) is 16.1. The van der Waals surface area contributed by atoms with Gasteiger partial charge in [-0.25, -0.2) is 9.78 Å². The molecule has 0 bridgehead atoms. The zero-order valence-corrected chi connectivity index (χ0v) is 10.9. The van der Waals surface area contributed by atoms with Crippen molar-refractivity contribution in [2.75, 3.05) is 7.11 Å². The van der Waals surface area contributed by atoms with E-state index in [0.29, 0.717) is 11.7 Å². The smallest absolute Gasteiger partial charge is 0.355 e. The molecule has 5 heteroatoms. The Morgan fingerprint density at radius 3 is 3.05 bits per heavy atom. The number of hydrogen-bond acceptors (Lipinski definition) is 4. The van der Waals surface area contributed by atoms with E-state index < -0.39 is 0 Å². The number of carbonyl (C=O) groups is 1. The molecule has 19 heavy (non-hydrogen) atoms. The van der Waals surface area contributed by atoms with Crippen LogP contribution < -0.4 is 5.32 Å². The summed E-state index contributed by atoms with van der Waals surface area (Å²) < 4.78 is 6.68. The first-order valence-electron chi connectivity index (χ1n) is 6.56. The topological polar surface area (TPSA) is 55.6 Å². The summed E-state index contributed by atoms with van der Waals surface area (Å²) in [6.07, 6.45) is 5.59. The van der Waals surface area contributed by atoms with Gasteiger partial charge in [-0.3, -0.25) is 4.40 Å². The van der Waals surface area contributed by atoms with Crippen LogP contribution in [0.2, 0.25) is 0 Å². The lowest BCUT2D eigenvalue weighted by Gasteiger charge is -2.26. The number of nitrogens with zero attached hydrogens (tertiary/aromatic N) is 2. The Kier molecular flexibility index (Phi) is 3.21. The van der Waals surface area contributed by atoms with Crippen molar-refractivity contribution in [2.45, 2.75) is 31.8 Å². The van der Waals surface area contributed by atoms with E-state index in [-0.39, 0.29) is 5.97 Å². The van der Waals surface area contributed by atoms with Crippen molar-refractivity contribution in [1.29, 1.82) is 0 Å². The molecule has 0 amide bonds. The Hall–Kier alpha value is -1.88. The number of esters is 1. The quantitative estimate of drug-likeness (QED) is 0.850. The van der Waals surface area contributed by atoms with E-state index in [1.807, 2.05) is 22.7 Å². The van der Waals surface area contributed by atoms with Gasteiger partial charge in [0.05, 0.1) is 19.0 Å². The summed E-state index contributed by atoms with van der Waals surface area (Å²) >= 11 is 0. The van der Waals surface area contributed by atoms with Gasteiger partial charge in [-0.05, 0) is 25.0 Å². The summed E-state index contributed by atoms with van der Waals surface area (Å²) in [6, 6.07) is 6.07. The van der Waals surface area contributed by atoms with Crippen molar-refractivity contribution in [3.8, 4) is 0 Å². The lowest BCUT2D eigenvalue weighted by atomic mass is 9.93. The number of methoxy groups -OCH3 is 1. The highest BCUT2D eigenvalue weighted by molar-refractivity contribution is 5.88. The van der Waals surface area contributed by atoms with Crippen molar-refractivity contribution in [1.82, 2.24) is 14.7 Å². The van der Waals surface area contributed by atoms with Gasteiger partial charge in [0.1, 0.15) is 11.3 Å². The lowest BCUT2D eigenvalue weighted by molar-refractivity contribution is 0.0592. The maximum absolute atomic E-state index is 11.8. The third-order valence-corrected chi connectivity index (χ3v) is 3.67. The van der Waals surface area contributed by atoms with Crippen molar-refractivity contribution in [2.24, 2.45) is 0 Å². The molecule has 100 valence electrons. The van der Waals surface area contributed by atoms with Gasteiger partial charge in [-0.2, -0.15) is 0 Å². The molecule has 0 aliphatic heterocycles. The van der Waals surface area contributed by atoms with Gasteiger partial charge >= 0.3 is 5.97 Å². The molecular weight excluding hydrogens is 242 g/mol. The van der Waals surface area contributed by atoms with Gasteiger partial charge in [0.25, 0.3) is 0 Å². The standard InChI is InChI=1S/C14H17N3O2/c1-19-14(18)12-6-3-7-13-16-9-11(17(12)13)8-15-10-4-2-5-10/h3,6-7,9-10,15H,2,4-5,8H2,1H3. The number of hydrogen-bond donors (Lipinski definition) is 1. The molecule has 0 aromatic carbocycles. The number of aromatic nitrogens is 2. The molecule has 5 nitrogen and oxygen atoms in total. The monoisotopic (exact) mass is 259 g/mol. The van der Waals surface area contributed by atoms with Gasteiger partial charge in [0, 0.05) is 12.6 Å². The second-order valence-corrected chi connectivity index (χ2v) is 4.85. The first-order valence-corrected chi connectivity index (χ1v) is 6.56. The Morgan fingerprint density at radius 1 is 1.53 bits per heavy atom. The van der Waals surface area contributed by atoms with Crippen molar-refractivity contribution in [3.05, 3.63) is 35.8 Å². The molecule has 0 atom stereocenters. The highest BCUT2D eigenvalue weighted by Gasteiger charge is 2.18. The molecule has 0 unspecified atom stereocenters. The molecule has 1 saturated carbocycles. The minimum atomic E-state index is -0.339.